The molecule has 1 aromatic heterocycles. The molecule has 0 fully saturated rings. The molecule has 0 aliphatic heterocycles. The smallest absolute Gasteiger partial charge is 0.228 e. The molecule has 1 aliphatic carbocycles. The number of aromatic nitrogens is 2. The first-order valence-electron chi connectivity index (χ1n) is 8.79. The van der Waals surface area contributed by atoms with Crippen molar-refractivity contribution in [3.8, 4) is 5.75 Å². The van der Waals surface area contributed by atoms with Crippen LogP contribution >= 0.6 is 11.6 Å². The zero-order valence-electron chi connectivity index (χ0n) is 15.4. The molecule has 27 heavy (non-hydrogen) atoms. The highest BCUT2D eigenvalue weighted by Gasteiger charge is 2.13. The van der Waals surface area contributed by atoms with Crippen molar-refractivity contribution in [3.63, 3.8) is 0 Å². The van der Waals surface area contributed by atoms with E-state index in [2.05, 4.69) is 20.6 Å². The van der Waals surface area contributed by atoms with Crippen LogP contribution in [0.3, 0.4) is 0 Å². The fraction of sp³-hybridized carbons (Fsp3) is 0.300. The maximum atomic E-state index is 9.29. The summed E-state index contributed by atoms with van der Waals surface area (Å²) in [6.45, 7) is 2.06. The lowest BCUT2D eigenvalue weighted by molar-refractivity contribution is 0.334. The number of rotatable bonds is 7. The lowest BCUT2D eigenvalue weighted by atomic mass is 10.1. The van der Waals surface area contributed by atoms with Crippen molar-refractivity contribution in [2.45, 2.75) is 25.8 Å². The average molecular weight is 387 g/mol. The molecule has 7 heteroatoms. The predicted octanol–water partition coefficient (Wildman–Crippen LogP) is 4.32. The van der Waals surface area contributed by atoms with E-state index in [0.717, 1.165) is 35.4 Å². The van der Waals surface area contributed by atoms with Gasteiger partial charge in [-0.3, -0.25) is 0 Å². The molecule has 142 valence electrons. The minimum Gasteiger partial charge on any atom is -0.497 e. The van der Waals surface area contributed by atoms with Crippen LogP contribution in [0, 0.1) is 0 Å². The number of aliphatic hydroxyl groups is 1. The van der Waals surface area contributed by atoms with Gasteiger partial charge in [0.2, 0.25) is 5.95 Å². The summed E-state index contributed by atoms with van der Waals surface area (Å²) in [7, 11) is 1.65. The van der Waals surface area contributed by atoms with E-state index >= 15 is 0 Å². The van der Waals surface area contributed by atoms with Gasteiger partial charge in [0.1, 0.15) is 10.8 Å². The van der Waals surface area contributed by atoms with Gasteiger partial charge in [-0.1, -0.05) is 29.8 Å². The first-order chi connectivity index (χ1) is 13.1. The molecule has 0 radical (unpaired) electrons. The first kappa shape index (κ1) is 19.2. The molecular weight excluding hydrogens is 364 g/mol. The Morgan fingerprint density at radius 2 is 2.22 bits per heavy atom. The first-order valence-corrected chi connectivity index (χ1v) is 9.17. The number of halogens is 1. The lowest BCUT2D eigenvalue weighted by Crippen LogP contribution is -2.12. The molecule has 1 aromatic carbocycles. The van der Waals surface area contributed by atoms with Gasteiger partial charge in [-0.05, 0) is 49.1 Å². The van der Waals surface area contributed by atoms with E-state index in [-0.39, 0.29) is 12.6 Å². The van der Waals surface area contributed by atoms with Crippen LogP contribution in [0.5, 0.6) is 5.75 Å². The largest absolute Gasteiger partial charge is 0.497 e. The van der Waals surface area contributed by atoms with Crippen LogP contribution in [-0.4, -0.2) is 28.8 Å². The second kappa shape index (κ2) is 8.88. The molecule has 0 saturated carbocycles. The van der Waals surface area contributed by atoms with Gasteiger partial charge >= 0.3 is 0 Å². The van der Waals surface area contributed by atoms with Crippen LogP contribution in [-0.2, 0) is 0 Å². The number of anilines is 2. The molecule has 0 saturated heterocycles. The Labute approximate surface area is 164 Å². The second-order valence-electron chi connectivity index (χ2n) is 6.30. The lowest BCUT2D eigenvalue weighted by Gasteiger charge is -2.18. The summed E-state index contributed by atoms with van der Waals surface area (Å²) in [5.74, 6) is 1.82. The number of allylic oxidation sites excluding steroid dienone is 2. The summed E-state index contributed by atoms with van der Waals surface area (Å²) in [6, 6.07) is 7.83. The van der Waals surface area contributed by atoms with Crippen molar-refractivity contribution in [3.05, 3.63) is 64.5 Å². The van der Waals surface area contributed by atoms with Crippen molar-refractivity contribution in [1.29, 1.82) is 0 Å². The fourth-order valence-electron chi connectivity index (χ4n) is 2.85. The minimum absolute atomic E-state index is 0.0156. The Kier molecular flexibility index (Phi) is 6.32. The molecule has 0 unspecified atom stereocenters. The molecular formula is C20H23ClN4O2. The van der Waals surface area contributed by atoms with Gasteiger partial charge in [0.05, 0.1) is 26.0 Å². The minimum atomic E-state index is -0.0156. The van der Waals surface area contributed by atoms with Crippen LogP contribution in [0.2, 0.25) is 5.02 Å². The normalized spacial score (nSPS) is 14.8. The zero-order valence-corrected chi connectivity index (χ0v) is 16.1. The number of methoxy groups -OCH3 is 1. The maximum absolute atomic E-state index is 9.29. The van der Waals surface area contributed by atoms with E-state index in [1.807, 2.05) is 43.3 Å². The molecule has 0 bridgehead atoms. The third-order valence-electron chi connectivity index (χ3n) is 4.33. The van der Waals surface area contributed by atoms with Crippen molar-refractivity contribution in [1.82, 2.24) is 9.97 Å². The number of hydrogen-bond donors (Lipinski definition) is 3. The van der Waals surface area contributed by atoms with E-state index in [1.165, 1.54) is 0 Å². The van der Waals surface area contributed by atoms with Crippen LogP contribution in [0.15, 0.2) is 53.9 Å². The predicted molar refractivity (Wildman–Crippen MR) is 108 cm³/mol. The number of nitrogens with one attached hydrogen (secondary N) is 2. The Hall–Kier alpha value is -2.57. The van der Waals surface area contributed by atoms with Crippen molar-refractivity contribution in [2.75, 3.05) is 24.4 Å². The summed E-state index contributed by atoms with van der Waals surface area (Å²) >= 11 is 6.28. The standard InChI is InChI=1S/C20H23ClN4O2/c1-13(15-6-4-8-17(10-15)27-2)23-19-18(21)11-22-20(25-19)24-16-7-3-5-14(9-16)12-26/h4-6,8-11,13,26H,3,7,12H2,1-2H3,(H2,22,23,24,25)/t13-/m0/s1. The van der Waals surface area contributed by atoms with Gasteiger partial charge < -0.3 is 20.5 Å². The van der Waals surface area contributed by atoms with Crippen molar-refractivity contribution in [2.24, 2.45) is 0 Å². The number of nitrogens with zero attached hydrogens (tertiary/aromatic N) is 2. The Bertz CT molecular complexity index is 867. The monoisotopic (exact) mass is 386 g/mol. The Balaban J connectivity index is 1.75. The van der Waals surface area contributed by atoms with Crippen LogP contribution < -0.4 is 15.4 Å². The molecule has 3 N–H and O–H groups in total. The molecule has 1 atom stereocenters. The SMILES string of the molecule is COc1cccc([C@H](C)Nc2nc(NC3=CC(CO)=CCC3)ncc2Cl)c1. The van der Waals surface area contributed by atoms with Crippen molar-refractivity contribution >= 4 is 23.4 Å². The van der Waals surface area contributed by atoms with Gasteiger partial charge in [-0.2, -0.15) is 4.98 Å². The van der Waals surface area contributed by atoms with Gasteiger partial charge in [0.15, 0.2) is 5.82 Å². The number of ether oxygens (including phenoxy) is 1. The summed E-state index contributed by atoms with van der Waals surface area (Å²) < 4.78 is 5.28. The van der Waals surface area contributed by atoms with E-state index < -0.39 is 0 Å². The van der Waals surface area contributed by atoms with Gasteiger partial charge in [0.25, 0.3) is 0 Å². The molecule has 0 amide bonds. The molecule has 1 aliphatic rings. The second-order valence-corrected chi connectivity index (χ2v) is 6.71. The highest BCUT2D eigenvalue weighted by atomic mass is 35.5. The molecule has 2 aromatic rings. The molecule has 1 heterocycles. The average Bonchev–Trinajstić information content (AvgIpc) is 2.70. The quantitative estimate of drug-likeness (QED) is 0.657. The van der Waals surface area contributed by atoms with E-state index in [9.17, 15) is 5.11 Å². The third-order valence-corrected chi connectivity index (χ3v) is 4.60. The highest BCUT2D eigenvalue weighted by Crippen LogP contribution is 2.27. The molecule has 6 nitrogen and oxygen atoms in total. The topological polar surface area (TPSA) is 79.3 Å². The van der Waals surface area contributed by atoms with Crippen LogP contribution in [0.4, 0.5) is 11.8 Å². The van der Waals surface area contributed by atoms with E-state index in [1.54, 1.807) is 13.3 Å². The van der Waals surface area contributed by atoms with Crippen LogP contribution in [0.25, 0.3) is 0 Å². The summed E-state index contributed by atoms with van der Waals surface area (Å²) in [5.41, 5.74) is 2.92. The van der Waals surface area contributed by atoms with Crippen molar-refractivity contribution < 1.29 is 9.84 Å². The fourth-order valence-corrected chi connectivity index (χ4v) is 2.99. The maximum Gasteiger partial charge on any atom is 0.228 e. The number of aliphatic hydroxyl groups excluding tert-OH is 1. The van der Waals surface area contributed by atoms with Gasteiger partial charge in [-0.15, -0.1) is 0 Å². The van der Waals surface area contributed by atoms with E-state index in [4.69, 9.17) is 16.3 Å². The molecule has 3 rings (SSSR count). The highest BCUT2D eigenvalue weighted by molar-refractivity contribution is 6.32. The Morgan fingerprint density at radius 1 is 1.37 bits per heavy atom. The van der Waals surface area contributed by atoms with Gasteiger partial charge in [-0.25, -0.2) is 4.98 Å². The molecule has 0 spiro atoms. The number of hydrogen-bond acceptors (Lipinski definition) is 6. The summed E-state index contributed by atoms with van der Waals surface area (Å²) in [6.07, 6.45) is 7.24. The zero-order chi connectivity index (χ0) is 19.2. The third kappa shape index (κ3) is 4.99. The van der Waals surface area contributed by atoms with Crippen LogP contribution in [0.1, 0.15) is 31.4 Å². The van der Waals surface area contributed by atoms with E-state index in [0.29, 0.717) is 16.8 Å². The number of benzene rings is 1. The Morgan fingerprint density at radius 3 is 3.00 bits per heavy atom. The van der Waals surface area contributed by atoms with Gasteiger partial charge in [0, 0.05) is 5.70 Å². The summed E-state index contributed by atoms with van der Waals surface area (Å²) in [5, 5.41) is 16.3. The summed E-state index contributed by atoms with van der Waals surface area (Å²) in [4.78, 5) is 8.76.